The van der Waals surface area contributed by atoms with Crippen LogP contribution in [0.15, 0.2) is 43.0 Å². The second-order valence-corrected chi connectivity index (χ2v) is 7.81. The smallest absolute Gasteiger partial charge is 0.237 e. The highest BCUT2D eigenvalue weighted by atomic mass is 19.1. The summed E-state index contributed by atoms with van der Waals surface area (Å²) in [4.78, 5) is 15.6. The lowest BCUT2D eigenvalue weighted by Gasteiger charge is -2.38. The number of hydrogen-bond donors (Lipinski definition) is 0. The van der Waals surface area contributed by atoms with Gasteiger partial charge in [-0.25, -0.2) is 4.39 Å². The molecule has 0 bridgehead atoms. The first-order valence-electron chi connectivity index (χ1n) is 10.0. The first-order chi connectivity index (χ1) is 14.0. The highest BCUT2D eigenvalue weighted by Crippen LogP contribution is 2.45. The van der Waals surface area contributed by atoms with Crippen molar-refractivity contribution in [2.24, 2.45) is 0 Å². The number of hydrogen-bond acceptors (Lipinski definition) is 3. The Morgan fingerprint density at radius 2 is 1.69 bits per heavy atom. The molecule has 1 heterocycles. The van der Waals surface area contributed by atoms with Crippen LogP contribution >= 0.6 is 0 Å². The second-order valence-electron chi connectivity index (χ2n) is 7.81. The molecule has 1 aliphatic carbocycles. The fourth-order valence-electron chi connectivity index (χ4n) is 4.77. The monoisotopic (exact) mass is 395 g/mol. The van der Waals surface area contributed by atoms with Gasteiger partial charge in [0, 0.05) is 17.8 Å². The molecule has 2 aromatic rings. The minimum absolute atomic E-state index is 0.0621. The number of fused-ring (bicyclic) bond motifs is 1. The molecule has 2 aromatic carbocycles. The zero-order valence-corrected chi connectivity index (χ0v) is 17.0. The van der Waals surface area contributed by atoms with Gasteiger partial charge in [-0.2, -0.15) is 0 Å². The third-order valence-electron chi connectivity index (χ3n) is 6.36. The third-order valence-corrected chi connectivity index (χ3v) is 6.36. The Morgan fingerprint density at radius 3 is 2.31 bits per heavy atom. The summed E-state index contributed by atoms with van der Waals surface area (Å²) in [5.41, 5.74) is 2.98. The molecule has 2 aliphatic rings. The maximum atomic E-state index is 13.8. The summed E-state index contributed by atoms with van der Waals surface area (Å²) in [6.07, 6.45) is 4.26. The number of rotatable bonds is 4. The van der Waals surface area contributed by atoms with Gasteiger partial charge in [-0.3, -0.25) is 4.79 Å². The summed E-state index contributed by atoms with van der Waals surface area (Å²) in [6, 6.07) is 10.3. The normalized spacial score (nSPS) is 17.8. The Bertz CT molecular complexity index is 945. The predicted molar refractivity (Wildman–Crippen MR) is 111 cm³/mol. The molecule has 1 amide bonds. The minimum atomic E-state index is -0.606. The van der Waals surface area contributed by atoms with Crippen molar-refractivity contribution in [1.29, 1.82) is 0 Å². The summed E-state index contributed by atoms with van der Waals surface area (Å²) >= 11 is 0. The maximum Gasteiger partial charge on any atom is 0.237 e. The Balaban J connectivity index is 1.70. The van der Waals surface area contributed by atoms with Crippen LogP contribution < -0.4 is 9.47 Å². The van der Waals surface area contributed by atoms with Gasteiger partial charge in [-0.05, 0) is 54.7 Å². The van der Waals surface area contributed by atoms with Crippen molar-refractivity contribution in [1.82, 2.24) is 4.90 Å². The number of carbonyl (C=O) groups excluding carboxylic acids is 1. The Hall–Kier alpha value is -2.82. The van der Waals surface area contributed by atoms with Crippen LogP contribution in [0.4, 0.5) is 4.39 Å². The molecule has 1 fully saturated rings. The van der Waals surface area contributed by atoms with E-state index in [1.165, 1.54) is 12.1 Å². The van der Waals surface area contributed by atoms with Crippen LogP contribution in [0.25, 0.3) is 5.70 Å². The number of methoxy groups -OCH3 is 2. The lowest BCUT2D eigenvalue weighted by atomic mass is 9.77. The molecule has 0 atom stereocenters. The van der Waals surface area contributed by atoms with Gasteiger partial charge < -0.3 is 14.4 Å². The zero-order valence-electron chi connectivity index (χ0n) is 17.0. The molecule has 0 unspecified atom stereocenters. The molecule has 0 radical (unpaired) electrons. The van der Waals surface area contributed by atoms with Crippen molar-refractivity contribution in [2.45, 2.75) is 37.5 Å². The zero-order chi connectivity index (χ0) is 20.6. The molecule has 4 rings (SSSR count). The van der Waals surface area contributed by atoms with Crippen LogP contribution in [0.2, 0.25) is 0 Å². The predicted octanol–water partition coefficient (Wildman–Crippen LogP) is 4.71. The van der Waals surface area contributed by atoms with Crippen molar-refractivity contribution in [2.75, 3.05) is 20.8 Å². The van der Waals surface area contributed by atoms with Gasteiger partial charge in [0.05, 0.1) is 19.6 Å². The van der Waals surface area contributed by atoms with Gasteiger partial charge in [-0.1, -0.05) is 31.6 Å². The van der Waals surface area contributed by atoms with E-state index in [2.05, 4.69) is 6.58 Å². The van der Waals surface area contributed by atoms with Gasteiger partial charge in [0.25, 0.3) is 0 Å². The quantitative estimate of drug-likeness (QED) is 0.753. The fraction of sp³-hybridized carbons (Fsp3) is 0.375. The largest absolute Gasteiger partial charge is 0.493 e. The highest BCUT2D eigenvalue weighted by Gasteiger charge is 2.46. The van der Waals surface area contributed by atoms with Gasteiger partial charge in [0.2, 0.25) is 5.91 Å². The van der Waals surface area contributed by atoms with Gasteiger partial charge >= 0.3 is 0 Å². The van der Waals surface area contributed by atoms with E-state index in [1.54, 1.807) is 26.4 Å². The van der Waals surface area contributed by atoms with E-state index in [-0.39, 0.29) is 11.7 Å². The van der Waals surface area contributed by atoms with E-state index in [0.29, 0.717) is 23.7 Å². The van der Waals surface area contributed by atoms with E-state index < -0.39 is 5.41 Å². The number of nitrogens with zero attached hydrogens (tertiary/aromatic N) is 1. The molecular formula is C24H26FNO3. The lowest BCUT2D eigenvalue weighted by Crippen LogP contribution is -2.46. The molecule has 29 heavy (non-hydrogen) atoms. The topological polar surface area (TPSA) is 38.8 Å². The number of carbonyl (C=O) groups is 1. The molecule has 0 saturated heterocycles. The summed E-state index contributed by atoms with van der Waals surface area (Å²) in [6.45, 7) is 4.82. The van der Waals surface area contributed by atoms with Crippen LogP contribution in [-0.2, 0) is 16.6 Å². The highest BCUT2D eigenvalue weighted by molar-refractivity contribution is 5.96. The number of benzene rings is 2. The summed E-state index contributed by atoms with van der Waals surface area (Å²) in [5, 5.41) is 0. The van der Waals surface area contributed by atoms with E-state index >= 15 is 0 Å². The first-order valence-corrected chi connectivity index (χ1v) is 10.0. The maximum absolute atomic E-state index is 13.8. The van der Waals surface area contributed by atoms with E-state index in [1.807, 2.05) is 17.0 Å². The molecular weight excluding hydrogens is 369 g/mol. The van der Waals surface area contributed by atoms with Crippen molar-refractivity contribution in [3.8, 4) is 11.5 Å². The molecule has 1 saturated carbocycles. The summed E-state index contributed by atoms with van der Waals surface area (Å²) in [7, 11) is 3.21. The Labute approximate surface area is 170 Å². The number of amides is 1. The molecule has 5 heteroatoms. The van der Waals surface area contributed by atoms with Crippen molar-refractivity contribution >= 4 is 11.6 Å². The van der Waals surface area contributed by atoms with Crippen LogP contribution in [0, 0.1) is 5.82 Å². The van der Waals surface area contributed by atoms with Crippen molar-refractivity contribution < 1.29 is 18.7 Å². The lowest BCUT2D eigenvalue weighted by molar-refractivity contribution is -0.134. The molecule has 0 aromatic heterocycles. The number of ether oxygens (including phenoxy) is 2. The van der Waals surface area contributed by atoms with Crippen LogP contribution in [0.3, 0.4) is 0 Å². The average molecular weight is 395 g/mol. The van der Waals surface area contributed by atoms with Crippen molar-refractivity contribution in [3.63, 3.8) is 0 Å². The van der Waals surface area contributed by atoms with Crippen LogP contribution in [0.1, 0.15) is 42.4 Å². The molecule has 0 spiro atoms. The Kier molecular flexibility index (Phi) is 5.07. The molecule has 0 N–H and O–H groups in total. The summed E-state index contributed by atoms with van der Waals surface area (Å²) < 4.78 is 24.3. The second kappa shape index (κ2) is 7.54. The van der Waals surface area contributed by atoms with Crippen LogP contribution in [-0.4, -0.2) is 31.6 Å². The van der Waals surface area contributed by atoms with Gasteiger partial charge in [-0.15, -0.1) is 0 Å². The Morgan fingerprint density at radius 1 is 1.07 bits per heavy atom. The SMILES string of the molecule is C=C1c2cc(OC)c(OC)cc2CCN1C(=O)C1(c2ccc(F)cc2)CCCC1. The van der Waals surface area contributed by atoms with Gasteiger partial charge in [0.1, 0.15) is 5.82 Å². The van der Waals surface area contributed by atoms with Crippen molar-refractivity contribution in [3.05, 3.63) is 65.5 Å². The molecule has 4 nitrogen and oxygen atoms in total. The van der Waals surface area contributed by atoms with E-state index in [0.717, 1.165) is 48.8 Å². The standard InChI is InChI=1S/C24H26FNO3/c1-16-20-15-22(29-3)21(28-2)14-17(20)10-13-26(16)23(27)24(11-4-5-12-24)18-6-8-19(25)9-7-18/h6-9,14-15H,1,4-5,10-13H2,2-3H3. The van der Waals surface area contributed by atoms with Gasteiger partial charge in [0.15, 0.2) is 11.5 Å². The molecule has 1 aliphatic heterocycles. The minimum Gasteiger partial charge on any atom is -0.493 e. The summed E-state index contributed by atoms with van der Waals surface area (Å²) in [5.74, 6) is 1.08. The van der Waals surface area contributed by atoms with Crippen LogP contribution in [0.5, 0.6) is 11.5 Å². The molecule has 152 valence electrons. The third kappa shape index (κ3) is 3.18. The average Bonchev–Trinajstić information content (AvgIpc) is 3.24. The van der Waals surface area contributed by atoms with E-state index in [9.17, 15) is 9.18 Å². The van der Waals surface area contributed by atoms with E-state index in [4.69, 9.17) is 9.47 Å². The fourth-order valence-corrected chi connectivity index (χ4v) is 4.77. The first kappa shape index (κ1) is 19.5. The number of halogens is 1.